The van der Waals surface area contributed by atoms with E-state index < -0.39 is 9.05 Å². The molecule has 1 aliphatic heterocycles. The third kappa shape index (κ3) is 3.64. The van der Waals surface area contributed by atoms with Crippen molar-refractivity contribution in [1.29, 1.82) is 0 Å². The number of carbonyl (C=O) groups excluding carboxylic acids is 1. The quantitative estimate of drug-likeness (QED) is 0.749. The predicted octanol–water partition coefficient (Wildman–Crippen LogP) is 0.394. The Morgan fingerprint density at radius 3 is 2.67 bits per heavy atom. The fourth-order valence-corrected chi connectivity index (χ4v) is 3.35. The third-order valence-electron chi connectivity index (χ3n) is 2.72. The smallest absolute Gasteiger partial charge is 0.232 e. The average Bonchev–Trinajstić information content (AvgIpc) is 2.58. The Hall–Kier alpha value is -1.21. The maximum atomic E-state index is 11.7. The van der Waals surface area contributed by atoms with Gasteiger partial charge in [-0.2, -0.15) is 0 Å². The van der Waals surface area contributed by atoms with Crippen LogP contribution in [-0.4, -0.2) is 41.5 Å². The molecule has 2 rings (SSSR count). The van der Waals surface area contributed by atoms with Crippen LogP contribution in [0.2, 0.25) is 0 Å². The molecular formula is C10H12ClN3O3S. The number of halogens is 1. The van der Waals surface area contributed by atoms with Crippen LogP contribution in [0.3, 0.4) is 0 Å². The van der Waals surface area contributed by atoms with Crippen molar-refractivity contribution in [2.45, 2.75) is 13.0 Å². The molecule has 0 radical (unpaired) electrons. The highest BCUT2D eigenvalue weighted by Gasteiger charge is 2.32. The Labute approximate surface area is 109 Å². The topological polar surface area (TPSA) is 80.2 Å². The monoisotopic (exact) mass is 289 g/mol. The summed E-state index contributed by atoms with van der Waals surface area (Å²) in [4.78, 5) is 21.1. The lowest BCUT2D eigenvalue weighted by atomic mass is 10.1. The van der Waals surface area contributed by atoms with Gasteiger partial charge in [-0.05, 0) is 0 Å². The van der Waals surface area contributed by atoms with Gasteiger partial charge in [0.2, 0.25) is 15.0 Å². The molecule has 1 saturated heterocycles. The van der Waals surface area contributed by atoms with E-state index in [0.29, 0.717) is 13.1 Å². The maximum Gasteiger partial charge on any atom is 0.232 e. The van der Waals surface area contributed by atoms with Gasteiger partial charge < -0.3 is 4.90 Å². The van der Waals surface area contributed by atoms with E-state index in [2.05, 4.69) is 9.97 Å². The van der Waals surface area contributed by atoms with E-state index in [1.165, 1.54) is 6.33 Å². The molecule has 0 bridgehead atoms. The van der Waals surface area contributed by atoms with Gasteiger partial charge in [0, 0.05) is 54.1 Å². The summed E-state index contributed by atoms with van der Waals surface area (Å²) in [5.41, 5.74) is 0.820. The minimum atomic E-state index is -3.56. The molecule has 0 aliphatic carbocycles. The molecule has 1 fully saturated rings. The van der Waals surface area contributed by atoms with Gasteiger partial charge in [0.15, 0.2) is 0 Å². The van der Waals surface area contributed by atoms with E-state index in [4.69, 9.17) is 10.7 Å². The zero-order valence-corrected chi connectivity index (χ0v) is 11.1. The molecule has 1 aromatic rings. The van der Waals surface area contributed by atoms with Crippen LogP contribution in [-0.2, 0) is 20.4 Å². The number of amides is 1. The SMILES string of the molecule is O=C1CC(CS(=O)(=O)Cl)CN1Cc1cncnc1. The first-order valence-electron chi connectivity index (χ1n) is 5.38. The van der Waals surface area contributed by atoms with Crippen LogP contribution >= 0.6 is 10.7 Å². The standard InChI is InChI=1S/C10H12ClN3O3S/c11-18(16,17)6-8-1-10(15)14(4-8)5-9-2-12-7-13-3-9/h2-3,7-8H,1,4-6H2. The third-order valence-corrected chi connectivity index (χ3v) is 3.96. The second-order valence-corrected chi connectivity index (χ2v) is 7.12. The highest BCUT2D eigenvalue weighted by molar-refractivity contribution is 8.13. The molecule has 1 aliphatic rings. The summed E-state index contributed by atoms with van der Waals surface area (Å²) in [7, 11) is 1.63. The zero-order valence-electron chi connectivity index (χ0n) is 9.49. The fraction of sp³-hybridized carbons (Fsp3) is 0.500. The molecule has 8 heteroatoms. The molecule has 0 saturated carbocycles. The Kier molecular flexibility index (Phi) is 3.82. The molecule has 18 heavy (non-hydrogen) atoms. The van der Waals surface area contributed by atoms with Gasteiger partial charge in [-0.3, -0.25) is 4.79 Å². The van der Waals surface area contributed by atoms with Crippen molar-refractivity contribution in [2.75, 3.05) is 12.3 Å². The van der Waals surface area contributed by atoms with E-state index in [1.54, 1.807) is 17.3 Å². The highest BCUT2D eigenvalue weighted by atomic mass is 35.7. The molecule has 1 amide bonds. The summed E-state index contributed by atoms with van der Waals surface area (Å²) in [6.45, 7) is 0.804. The average molecular weight is 290 g/mol. The van der Waals surface area contributed by atoms with Crippen LogP contribution in [0.4, 0.5) is 0 Å². The van der Waals surface area contributed by atoms with Crippen molar-refractivity contribution in [3.05, 3.63) is 24.3 Å². The summed E-state index contributed by atoms with van der Waals surface area (Å²) in [5, 5.41) is 0. The molecule has 1 atom stereocenters. The van der Waals surface area contributed by atoms with E-state index in [0.717, 1.165) is 5.56 Å². The molecule has 0 spiro atoms. The van der Waals surface area contributed by atoms with Crippen LogP contribution in [0.15, 0.2) is 18.7 Å². The van der Waals surface area contributed by atoms with E-state index in [9.17, 15) is 13.2 Å². The lowest BCUT2D eigenvalue weighted by Gasteiger charge is -2.15. The van der Waals surface area contributed by atoms with Crippen molar-refractivity contribution >= 4 is 25.6 Å². The summed E-state index contributed by atoms with van der Waals surface area (Å²) in [6.07, 6.45) is 4.90. The highest BCUT2D eigenvalue weighted by Crippen LogP contribution is 2.22. The van der Waals surface area contributed by atoms with Crippen molar-refractivity contribution in [3.63, 3.8) is 0 Å². The number of carbonyl (C=O) groups is 1. The van der Waals surface area contributed by atoms with Gasteiger partial charge in [0.1, 0.15) is 6.33 Å². The number of hydrogen-bond acceptors (Lipinski definition) is 5. The predicted molar refractivity (Wildman–Crippen MR) is 65.2 cm³/mol. The first-order chi connectivity index (χ1) is 8.44. The maximum absolute atomic E-state index is 11.7. The second-order valence-electron chi connectivity index (χ2n) is 4.30. The van der Waals surface area contributed by atoms with Crippen LogP contribution in [0.5, 0.6) is 0 Å². The van der Waals surface area contributed by atoms with Gasteiger partial charge in [-0.25, -0.2) is 18.4 Å². The Morgan fingerprint density at radius 2 is 2.06 bits per heavy atom. The van der Waals surface area contributed by atoms with Crippen LogP contribution in [0.1, 0.15) is 12.0 Å². The lowest BCUT2D eigenvalue weighted by molar-refractivity contribution is -0.128. The zero-order chi connectivity index (χ0) is 13.2. The van der Waals surface area contributed by atoms with E-state index >= 15 is 0 Å². The van der Waals surface area contributed by atoms with Gasteiger partial charge in [-0.15, -0.1) is 0 Å². The van der Waals surface area contributed by atoms with Gasteiger partial charge in [0.25, 0.3) is 0 Å². The lowest BCUT2D eigenvalue weighted by Crippen LogP contribution is -2.25. The Bertz CT molecular complexity index is 535. The molecule has 2 heterocycles. The Balaban J connectivity index is 1.98. The summed E-state index contributed by atoms with van der Waals surface area (Å²) >= 11 is 0. The molecule has 1 unspecified atom stereocenters. The second kappa shape index (κ2) is 5.19. The molecule has 1 aromatic heterocycles. The Morgan fingerprint density at radius 1 is 1.39 bits per heavy atom. The van der Waals surface area contributed by atoms with Gasteiger partial charge >= 0.3 is 0 Å². The van der Waals surface area contributed by atoms with E-state index in [-0.39, 0.29) is 24.0 Å². The van der Waals surface area contributed by atoms with Crippen molar-refractivity contribution in [3.8, 4) is 0 Å². The van der Waals surface area contributed by atoms with Crippen LogP contribution in [0.25, 0.3) is 0 Å². The van der Waals surface area contributed by atoms with Crippen molar-refractivity contribution < 1.29 is 13.2 Å². The number of rotatable bonds is 4. The fourth-order valence-electron chi connectivity index (χ4n) is 2.03. The number of nitrogens with zero attached hydrogens (tertiary/aromatic N) is 3. The van der Waals surface area contributed by atoms with Crippen molar-refractivity contribution in [2.24, 2.45) is 5.92 Å². The largest absolute Gasteiger partial charge is 0.338 e. The molecule has 98 valence electrons. The number of likely N-dealkylation sites (tertiary alicyclic amines) is 1. The molecule has 6 nitrogen and oxygen atoms in total. The summed E-state index contributed by atoms with van der Waals surface area (Å²) < 4.78 is 21.9. The summed E-state index contributed by atoms with van der Waals surface area (Å²) in [6, 6.07) is 0. The number of hydrogen-bond donors (Lipinski definition) is 0. The van der Waals surface area contributed by atoms with Crippen LogP contribution in [0, 0.1) is 5.92 Å². The van der Waals surface area contributed by atoms with Gasteiger partial charge in [0.05, 0.1) is 5.75 Å². The first-order valence-corrected chi connectivity index (χ1v) is 7.86. The molecular weight excluding hydrogens is 278 g/mol. The first kappa shape index (κ1) is 13.2. The normalized spacial score (nSPS) is 20.4. The van der Waals surface area contributed by atoms with Crippen molar-refractivity contribution in [1.82, 2.24) is 14.9 Å². The minimum Gasteiger partial charge on any atom is -0.338 e. The molecule has 0 aromatic carbocycles. The molecule has 0 N–H and O–H groups in total. The minimum absolute atomic E-state index is 0.0656. The number of aromatic nitrogens is 2. The summed E-state index contributed by atoms with van der Waals surface area (Å²) in [5.74, 6) is -0.462. The van der Waals surface area contributed by atoms with Crippen LogP contribution < -0.4 is 0 Å². The van der Waals surface area contributed by atoms with E-state index in [1.807, 2.05) is 0 Å². The van der Waals surface area contributed by atoms with Gasteiger partial charge in [-0.1, -0.05) is 0 Å².